The van der Waals surface area contributed by atoms with Crippen LogP contribution in [0, 0.1) is 0 Å². The van der Waals surface area contributed by atoms with Crippen LogP contribution in [-0.2, 0) is 26.6 Å². The van der Waals surface area contributed by atoms with E-state index < -0.39 is 5.91 Å². The van der Waals surface area contributed by atoms with Gasteiger partial charge in [0.05, 0.1) is 11.7 Å². The molecule has 37 heavy (non-hydrogen) atoms. The molecule has 3 aromatic heterocycles. The first kappa shape index (κ1) is 24.1. The fourth-order valence-electron chi connectivity index (χ4n) is 3.83. The summed E-state index contributed by atoms with van der Waals surface area (Å²) >= 11 is 1.41. The van der Waals surface area contributed by atoms with Crippen molar-refractivity contribution in [2.45, 2.75) is 26.4 Å². The summed E-state index contributed by atoms with van der Waals surface area (Å²) in [5.41, 5.74) is 4.07. The Kier molecular flexibility index (Phi) is 6.90. The molecular weight excluding hydrogens is 490 g/mol. The molecule has 0 atom stereocenters. The molecule has 0 saturated heterocycles. The average Bonchev–Trinajstić information content (AvgIpc) is 3.58. The number of rotatable bonds is 8. The number of aryl methyl sites for hydroxylation is 2. The van der Waals surface area contributed by atoms with E-state index in [1.807, 2.05) is 49.5 Å². The summed E-state index contributed by atoms with van der Waals surface area (Å²) in [6.45, 7) is 2.68. The van der Waals surface area contributed by atoms with Gasteiger partial charge >= 0.3 is 0 Å². The molecule has 186 valence electrons. The normalized spacial score (nSPS) is 11.0. The lowest BCUT2D eigenvalue weighted by molar-refractivity contribution is 0.0944. The number of aromatic nitrogens is 7. The van der Waals surface area contributed by atoms with Gasteiger partial charge in [0.2, 0.25) is 5.82 Å². The molecule has 0 aliphatic carbocycles. The lowest BCUT2D eigenvalue weighted by atomic mass is 10.0. The number of nitrogens with one attached hydrogen (secondary N) is 2. The van der Waals surface area contributed by atoms with Crippen molar-refractivity contribution in [3.8, 4) is 11.4 Å². The van der Waals surface area contributed by atoms with E-state index in [4.69, 9.17) is 0 Å². The predicted octanol–water partition coefficient (Wildman–Crippen LogP) is 2.70. The second-order valence-corrected chi connectivity index (χ2v) is 9.12. The van der Waals surface area contributed by atoms with E-state index in [-0.39, 0.29) is 17.3 Å². The Labute approximate surface area is 216 Å². The molecule has 5 rings (SSSR count). The summed E-state index contributed by atoms with van der Waals surface area (Å²) < 4.78 is 5.22. The van der Waals surface area contributed by atoms with Crippen LogP contribution in [0.2, 0.25) is 0 Å². The Morgan fingerprint density at radius 3 is 2.46 bits per heavy atom. The smallest absolute Gasteiger partial charge is 0.270 e. The van der Waals surface area contributed by atoms with Crippen molar-refractivity contribution in [2.75, 3.05) is 0 Å². The van der Waals surface area contributed by atoms with E-state index in [2.05, 4.69) is 40.4 Å². The van der Waals surface area contributed by atoms with Gasteiger partial charge in [0, 0.05) is 36.3 Å². The molecule has 2 N–H and O–H groups in total. The zero-order valence-electron chi connectivity index (χ0n) is 20.2. The molecule has 0 spiro atoms. The van der Waals surface area contributed by atoms with Gasteiger partial charge in [-0.15, -0.1) is 10.2 Å². The first-order valence-electron chi connectivity index (χ1n) is 11.6. The van der Waals surface area contributed by atoms with Crippen LogP contribution in [0.1, 0.15) is 44.6 Å². The highest BCUT2D eigenvalue weighted by atomic mass is 32.1. The van der Waals surface area contributed by atoms with Crippen LogP contribution in [0.5, 0.6) is 0 Å². The zero-order chi connectivity index (χ0) is 25.8. The Balaban J connectivity index is 1.21. The number of hydrogen-bond donors (Lipinski definition) is 2. The van der Waals surface area contributed by atoms with Crippen LogP contribution in [0.3, 0.4) is 0 Å². The minimum atomic E-state index is -0.395. The number of benzene rings is 2. The topological polar surface area (TPSA) is 140 Å². The first-order chi connectivity index (χ1) is 18.0. The van der Waals surface area contributed by atoms with Gasteiger partial charge in [0.25, 0.3) is 11.8 Å². The predicted molar refractivity (Wildman–Crippen MR) is 138 cm³/mol. The molecule has 0 aliphatic heterocycles. The quantitative estimate of drug-likeness (QED) is 0.323. The molecule has 5 aromatic rings. The van der Waals surface area contributed by atoms with E-state index in [1.54, 1.807) is 7.05 Å². The third kappa shape index (κ3) is 5.48. The van der Waals surface area contributed by atoms with E-state index in [1.165, 1.54) is 28.7 Å². The average molecular weight is 514 g/mol. The number of carbonyl (C=O) groups excluding carboxylic acids is 2. The van der Waals surface area contributed by atoms with Crippen molar-refractivity contribution in [3.05, 3.63) is 83.1 Å². The molecule has 2 amide bonds. The molecule has 0 radical (unpaired) electrons. The highest BCUT2D eigenvalue weighted by Crippen LogP contribution is 2.20. The van der Waals surface area contributed by atoms with Gasteiger partial charge in [-0.05, 0) is 52.0 Å². The van der Waals surface area contributed by atoms with Crippen molar-refractivity contribution < 1.29 is 9.59 Å². The van der Waals surface area contributed by atoms with E-state index in [0.29, 0.717) is 18.9 Å². The Bertz CT molecular complexity index is 1590. The number of tetrazole rings is 1. The summed E-state index contributed by atoms with van der Waals surface area (Å²) in [7, 11) is 1.71. The molecule has 3 heterocycles. The van der Waals surface area contributed by atoms with E-state index in [9.17, 15) is 9.59 Å². The number of nitrogens with zero attached hydrogens (tertiary/aromatic N) is 7. The first-order valence-corrected chi connectivity index (χ1v) is 12.4. The monoisotopic (exact) mass is 513 g/mol. The van der Waals surface area contributed by atoms with Crippen molar-refractivity contribution in [1.29, 1.82) is 0 Å². The summed E-state index contributed by atoms with van der Waals surface area (Å²) in [5, 5.41) is 18.9. The molecule has 0 unspecified atom stereocenters. The van der Waals surface area contributed by atoms with Crippen LogP contribution in [0.15, 0.2) is 55.0 Å². The Morgan fingerprint density at radius 1 is 0.946 bits per heavy atom. The molecule has 11 nitrogen and oxygen atoms in total. The molecular formula is C25H23N9O2S. The fourth-order valence-corrected chi connectivity index (χ4v) is 4.54. The lowest BCUT2D eigenvalue weighted by Crippen LogP contribution is -2.27. The highest BCUT2D eigenvalue weighted by Gasteiger charge is 2.15. The van der Waals surface area contributed by atoms with Gasteiger partial charge in [-0.25, -0.2) is 9.97 Å². The number of hydrogen-bond acceptors (Lipinski definition) is 9. The number of amides is 2. The van der Waals surface area contributed by atoms with E-state index >= 15 is 0 Å². The van der Waals surface area contributed by atoms with Crippen LogP contribution in [-0.4, -0.2) is 46.4 Å². The van der Waals surface area contributed by atoms with Crippen LogP contribution < -0.4 is 10.6 Å². The SMILES string of the molecule is CCc1cc(-c2nnn(C)n2)ccc1CNC(=O)c1cc(C(=O)NCc2ccc3cnsc3c2)ncn1. The fraction of sp³-hybridized carbons (Fsp3) is 0.200. The Hall–Kier alpha value is -4.58. The maximum absolute atomic E-state index is 12.8. The molecule has 12 heteroatoms. The third-order valence-electron chi connectivity index (χ3n) is 5.80. The number of fused-ring (bicyclic) bond motifs is 1. The van der Waals surface area contributed by atoms with Gasteiger partial charge in [-0.2, -0.15) is 9.17 Å². The number of carbonyl (C=O) groups is 2. The van der Waals surface area contributed by atoms with Gasteiger partial charge < -0.3 is 10.6 Å². The maximum Gasteiger partial charge on any atom is 0.270 e. The van der Waals surface area contributed by atoms with Gasteiger partial charge in [-0.1, -0.05) is 31.2 Å². The summed E-state index contributed by atoms with van der Waals surface area (Å²) in [6.07, 6.45) is 3.80. The molecule has 0 fully saturated rings. The summed E-state index contributed by atoms with van der Waals surface area (Å²) in [5.74, 6) is -0.236. The van der Waals surface area contributed by atoms with Crippen molar-refractivity contribution >= 4 is 33.4 Å². The third-order valence-corrected chi connectivity index (χ3v) is 6.56. The minimum Gasteiger partial charge on any atom is -0.347 e. The Morgan fingerprint density at radius 2 is 1.73 bits per heavy atom. The van der Waals surface area contributed by atoms with Crippen LogP contribution >= 0.6 is 11.5 Å². The van der Waals surface area contributed by atoms with Crippen LogP contribution in [0.25, 0.3) is 21.5 Å². The molecule has 0 aliphatic rings. The molecule has 0 bridgehead atoms. The van der Waals surface area contributed by atoms with Crippen molar-refractivity contribution in [3.63, 3.8) is 0 Å². The largest absolute Gasteiger partial charge is 0.347 e. The highest BCUT2D eigenvalue weighted by molar-refractivity contribution is 7.13. The summed E-state index contributed by atoms with van der Waals surface area (Å²) in [6, 6.07) is 13.1. The van der Waals surface area contributed by atoms with E-state index in [0.717, 1.165) is 38.8 Å². The second kappa shape index (κ2) is 10.6. The van der Waals surface area contributed by atoms with Crippen molar-refractivity contribution in [2.24, 2.45) is 7.05 Å². The standard InChI is InChI=1S/C25H23N9O2S/c1-3-16-9-17(23-31-33-34(2)32-23)6-7-18(16)12-27-25(36)21-10-20(28-14-29-21)24(35)26-11-15-4-5-19-13-30-37-22(19)8-15/h4-10,13-14H,3,11-12H2,1-2H3,(H,26,35)(H,27,36). The maximum atomic E-state index is 12.8. The minimum absolute atomic E-state index is 0.115. The second-order valence-electron chi connectivity index (χ2n) is 8.29. The van der Waals surface area contributed by atoms with Gasteiger partial charge in [-0.3, -0.25) is 9.59 Å². The molecule has 0 saturated carbocycles. The molecule has 2 aromatic carbocycles. The lowest BCUT2D eigenvalue weighted by Gasteiger charge is -2.11. The summed E-state index contributed by atoms with van der Waals surface area (Å²) in [4.78, 5) is 34.9. The van der Waals surface area contributed by atoms with Crippen molar-refractivity contribution in [1.82, 2.24) is 45.2 Å². The zero-order valence-corrected chi connectivity index (χ0v) is 21.0. The van der Waals surface area contributed by atoms with Crippen LogP contribution in [0.4, 0.5) is 0 Å². The van der Waals surface area contributed by atoms with Gasteiger partial charge in [0.15, 0.2) is 0 Å². The van der Waals surface area contributed by atoms with Gasteiger partial charge in [0.1, 0.15) is 17.7 Å².